The summed E-state index contributed by atoms with van der Waals surface area (Å²) in [6, 6.07) is 2.12. The summed E-state index contributed by atoms with van der Waals surface area (Å²) in [6.45, 7) is 0. The lowest BCUT2D eigenvalue weighted by atomic mass is 10.00. The third-order valence-electron chi connectivity index (χ3n) is 3.25. The number of hydrogen-bond donors (Lipinski definition) is 0. The molecule has 2 rings (SSSR count). The SMILES string of the molecule is ClC(CCc1sccc1Br)C1CCCC1. The summed E-state index contributed by atoms with van der Waals surface area (Å²) in [5, 5.41) is 2.53. The largest absolute Gasteiger partial charge is 0.148 e. The second kappa shape index (κ2) is 5.70. The second-order valence-corrected chi connectivity index (χ2v) is 6.71. The molecule has 1 saturated carbocycles. The van der Waals surface area contributed by atoms with Crippen molar-refractivity contribution in [3.8, 4) is 0 Å². The highest BCUT2D eigenvalue weighted by Gasteiger charge is 2.23. The van der Waals surface area contributed by atoms with E-state index in [9.17, 15) is 0 Å². The van der Waals surface area contributed by atoms with E-state index in [2.05, 4.69) is 27.4 Å². The number of hydrogen-bond acceptors (Lipinski definition) is 1. The van der Waals surface area contributed by atoms with Crippen LogP contribution in [-0.2, 0) is 6.42 Å². The van der Waals surface area contributed by atoms with E-state index in [0.29, 0.717) is 5.38 Å². The maximum Gasteiger partial charge on any atom is 0.0367 e. The third-order valence-corrected chi connectivity index (χ3v) is 5.81. The Morgan fingerprint density at radius 2 is 2.20 bits per heavy atom. The molecule has 15 heavy (non-hydrogen) atoms. The van der Waals surface area contributed by atoms with Crippen LogP contribution in [0.25, 0.3) is 0 Å². The van der Waals surface area contributed by atoms with Crippen molar-refractivity contribution in [1.29, 1.82) is 0 Å². The first kappa shape index (κ1) is 11.9. The first-order valence-corrected chi connectivity index (χ1v) is 7.74. The van der Waals surface area contributed by atoms with Crippen LogP contribution in [0.4, 0.5) is 0 Å². The van der Waals surface area contributed by atoms with Crippen molar-refractivity contribution in [3.05, 3.63) is 20.8 Å². The molecule has 3 heteroatoms. The Morgan fingerprint density at radius 1 is 1.47 bits per heavy atom. The van der Waals surface area contributed by atoms with Gasteiger partial charge in [0.2, 0.25) is 0 Å². The van der Waals surface area contributed by atoms with Crippen molar-refractivity contribution in [2.45, 2.75) is 43.9 Å². The van der Waals surface area contributed by atoms with Crippen molar-refractivity contribution in [2.75, 3.05) is 0 Å². The van der Waals surface area contributed by atoms with Gasteiger partial charge in [0.25, 0.3) is 0 Å². The van der Waals surface area contributed by atoms with Gasteiger partial charge in [-0.1, -0.05) is 12.8 Å². The van der Waals surface area contributed by atoms with E-state index >= 15 is 0 Å². The molecule has 0 amide bonds. The van der Waals surface area contributed by atoms with Crippen molar-refractivity contribution in [3.63, 3.8) is 0 Å². The van der Waals surface area contributed by atoms with Gasteiger partial charge in [-0.25, -0.2) is 0 Å². The molecular weight excluding hydrogens is 292 g/mol. The van der Waals surface area contributed by atoms with Crippen LogP contribution < -0.4 is 0 Å². The smallest absolute Gasteiger partial charge is 0.0367 e. The van der Waals surface area contributed by atoms with E-state index in [1.54, 1.807) is 0 Å². The summed E-state index contributed by atoms with van der Waals surface area (Å²) in [4.78, 5) is 1.44. The highest BCUT2D eigenvalue weighted by molar-refractivity contribution is 9.10. The zero-order valence-electron chi connectivity index (χ0n) is 8.72. The summed E-state index contributed by atoms with van der Waals surface area (Å²) in [6.07, 6.45) is 7.72. The molecule has 84 valence electrons. The number of thiophene rings is 1. The Balaban J connectivity index is 1.80. The highest BCUT2D eigenvalue weighted by Crippen LogP contribution is 2.33. The Kier molecular flexibility index (Phi) is 4.53. The molecule has 1 atom stereocenters. The molecule has 1 aromatic rings. The lowest BCUT2D eigenvalue weighted by Crippen LogP contribution is -2.11. The van der Waals surface area contributed by atoms with Crippen LogP contribution in [0.2, 0.25) is 0 Å². The molecule has 0 nitrogen and oxygen atoms in total. The molecule has 0 saturated heterocycles. The van der Waals surface area contributed by atoms with Gasteiger partial charge in [0.05, 0.1) is 0 Å². The molecule has 0 N–H and O–H groups in total. The van der Waals surface area contributed by atoms with E-state index < -0.39 is 0 Å². The predicted molar refractivity (Wildman–Crippen MR) is 71.9 cm³/mol. The van der Waals surface area contributed by atoms with Crippen molar-refractivity contribution >= 4 is 38.9 Å². The lowest BCUT2D eigenvalue weighted by Gasteiger charge is -2.15. The Bertz CT molecular complexity index is 304. The molecule has 0 aliphatic heterocycles. The summed E-state index contributed by atoms with van der Waals surface area (Å²) in [5.74, 6) is 0.783. The average Bonchev–Trinajstić information content (AvgIpc) is 2.85. The van der Waals surface area contributed by atoms with Crippen LogP contribution in [-0.4, -0.2) is 5.38 Å². The fourth-order valence-electron chi connectivity index (χ4n) is 2.33. The van der Waals surface area contributed by atoms with Crippen molar-refractivity contribution in [2.24, 2.45) is 5.92 Å². The summed E-state index contributed by atoms with van der Waals surface area (Å²) >= 11 is 11.8. The minimum Gasteiger partial charge on any atom is -0.148 e. The molecule has 1 fully saturated rings. The van der Waals surface area contributed by atoms with Gasteiger partial charge in [-0.2, -0.15) is 0 Å². The fraction of sp³-hybridized carbons (Fsp3) is 0.667. The minimum absolute atomic E-state index is 0.390. The molecule has 0 radical (unpaired) electrons. The Labute approximate surface area is 109 Å². The first-order chi connectivity index (χ1) is 7.27. The van der Waals surface area contributed by atoms with Crippen LogP contribution in [0.5, 0.6) is 0 Å². The van der Waals surface area contributed by atoms with Gasteiger partial charge in [-0.3, -0.25) is 0 Å². The monoisotopic (exact) mass is 306 g/mol. The molecule has 1 aliphatic rings. The number of aryl methyl sites for hydroxylation is 1. The fourth-order valence-corrected chi connectivity index (χ4v) is 4.26. The van der Waals surface area contributed by atoms with Gasteiger partial charge < -0.3 is 0 Å². The standard InChI is InChI=1S/C12H16BrClS/c13-10-7-8-15-12(10)6-5-11(14)9-3-1-2-4-9/h7-9,11H,1-6H2. The summed E-state index contributed by atoms with van der Waals surface area (Å²) in [7, 11) is 0. The lowest BCUT2D eigenvalue weighted by molar-refractivity contribution is 0.493. The Hall–Kier alpha value is 0.470. The quantitative estimate of drug-likeness (QED) is 0.667. The second-order valence-electron chi connectivity index (χ2n) is 4.29. The van der Waals surface area contributed by atoms with Gasteiger partial charge in [-0.15, -0.1) is 22.9 Å². The topological polar surface area (TPSA) is 0 Å². The van der Waals surface area contributed by atoms with E-state index in [4.69, 9.17) is 11.6 Å². The molecule has 1 aliphatic carbocycles. The zero-order valence-corrected chi connectivity index (χ0v) is 11.9. The predicted octanol–water partition coefficient (Wildman–Crippen LogP) is 5.24. The maximum absolute atomic E-state index is 6.45. The van der Waals surface area contributed by atoms with Crippen LogP contribution in [0, 0.1) is 5.92 Å². The molecule has 1 unspecified atom stereocenters. The van der Waals surface area contributed by atoms with Crippen LogP contribution in [0.1, 0.15) is 37.0 Å². The normalized spacial score (nSPS) is 19.6. The molecule has 1 heterocycles. The summed E-state index contributed by atoms with van der Waals surface area (Å²) in [5.41, 5.74) is 0. The number of rotatable bonds is 4. The highest BCUT2D eigenvalue weighted by atomic mass is 79.9. The van der Waals surface area contributed by atoms with Crippen LogP contribution >= 0.6 is 38.9 Å². The maximum atomic E-state index is 6.45. The van der Waals surface area contributed by atoms with Gasteiger partial charge in [0, 0.05) is 14.7 Å². The van der Waals surface area contributed by atoms with E-state index in [-0.39, 0.29) is 0 Å². The molecule has 0 aromatic carbocycles. The molecular formula is C12H16BrClS. The average molecular weight is 308 g/mol. The zero-order chi connectivity index (χ0) is 10.7. The minimum atomic E-state index is 0.390. The number of alkyl halides is 1. The van der Waals surface area contributed by atoms with Crippen molar-refractivity contribution in [1.82, 2.24) is 0 Å². The van der Waals surface area contributed by atoms with Gasteiger partial charge in [0.1, 0.15) is 0 Å². The molecule has 1 aromatic heterocycles. The van der Waals surface area contributed by atoms with E-state index in [1.165, 1.54) is 35.0 Å². The van der Waals surface area contributed by atoms with Gasteiger partial charge in [0.15, 0.2) is 0 Å². The summed E-state index contributed by atoms with van der Waals surface area (Å²) < 4.78 is 1.25. The van der Waals surface area contributed by atoms with Crippen molar-refractivity contribution < 1.29 is 0 Å². The van der Waals surface area contributed by atoms with E-state index in [1.807, 2.05) is 11.3 Å². The van der Waals surface area contributed by atoms with Crippen LogP contribution in [0.15, 0.2) is 15.9 Å². The Morgan fingerprint density at radius 3 is 2.80 bits per heavy atom. The van der Waals surface area contributed by atoms with Gasteiger partial charge >= 0.3 is 0 Å². The number of halogens is 2. The van der Waals surface area contributed by atoms with Gasteiger partial charge in [-0.05, 0) is 59.0 Å². The van der Waals surface area contributed by atoms with Crippen LogP contribution in [0.3, 0.4) is 0 Å². The molecule has 0 spiro atoms. The van der Waals surface area contributed by atoms with E-state index in [0.717, 1.165) is 18.8 Å². The molecule has 0 bridgehead atoms. The third kappa shape index (κ3) is 3.21. The first-order valence-electron chi connectivity index (χ1n) is 5.63.